The van der Waals surface area contributed by atoms with E-state index >= 15 is 0 Å². The smallest absolute Gasteiger partial charge is 0.143 e. The van der Waals surface area contributed by atoms with Crippen LogP contribution in [0.2, 0.25) is 0 Å². The van der Waals surface area contributed by atoms with Gasteiger partial charge in [-0.05, 0) is 30.7 Å². The van der Waals surface area contributed by atoms with E-state index in [-0.39, 0.29) is 0 Å². The van der Waals surface area contributed by atoms with Gasteiger partial charge in [-0.25, -0.2) is 0 Å². The van der Waals surface area contributed by atoms with Crippen molar-refractivity contribution in [2.45, 2.75) is 13.5 Å². The van der Waals surface area contributed by atoms with E-state index in [1.165, 1.54) is 16.8 Å². The molecule has 0 unspecified atom stereocenters. The summed E-state index contributed by atoms with van der Waals surface area (Å²) in [4.78, 5) is 2.37. The van der Waals surface area contributed by atoms with E-state index in [1.54, 1.807) is 0 Å². The summed E-state index contributed by atoms with van der Waals surface area (Å²) in [6.07, 6.45) is 0. The summed E-state index contributed by atoms with van der Waals surface area (Å²) in [7, 11) is 0. The van der Waals surface area contributed by atoms with Gasteiger partial charge >= 0.3 is 0 Å². The maximum atomic E-state index is 5.72. The number of halogens is 1. The third kappa shape index (κ3) is 2.76. The minimum Gasteiger partial charge on any atom is -0.490 e. The molecule has 0 saturated carbocycles. The molecule has 0 atom stereocenters. The van der Waals surface area contributed by atoms with Crippen LogP contribution >= 0.6 is 15.9 Å². The number of benzene rings is 2. The lowest BCUT2D eigenvalue weighted by molar-refractivity contribution is 0.306. The number of hydrogen-bond acceptors (Lipinski definition) is 2. The van der Waals surface area contributed by atoms with Crippen LogP contribution in [0.4, 0.5) is 5.69 Å². The fraction of sp³-hybridized carbons (Fsp3) is 0.250. The summed E-state index contributed by atoms with van der Waals surface area (Å²) in [6.45, 7) is 4.72. The van der Waals surface area contributed by atoms with Crippen LogP contribution in [0.1, 0.15) is 11.1 Å². The summed E-state index contributed by atoms with van der Waals surface area (Å²) >= 11 is 3.49. The van der Waals surface area contributed by atoms with Gasteiger partial charge in [-0.3, -0.25) is 0 Å². The summed E-state index contributed by atoms with van der Waals surface area (Å²) in [6, 6.07) is 14.9. The largest absolute Gasteiger partial charge is 0.490 e. The lowest BCUT2D eigenvalue weighted by Crippen LogP contribution is -2.32. The molecule has 2 nitrogen and oxygen atoms in total. The van der Waals surface area contributed by atoms with E-state index in [0.717, 1.165) is 29.9 Å². The maximum Gasteiger partial charge on any atom is 0.143 e. The fourth-order valence-corrected chi connectivity index (χ4v) is 2.67. The van der Waals surface area contributed by atoms with Gasteiger partial charge in [0.15, 0.2) is 0 Å². The molecule has 2 aromatic rings. The quantitative estimate of drug-likeness (QED) is 0.824. The van der Waals surface area contributed by atoms with Crippen molar-refractivity contribution in [1.29, 1.82) is 0 Å². The first-order valence-electron chi connectivity index (χ1n) is 6.45. The molecule has 0 fully saturated rings. The highest BCUT2D eigenvalue weighted by atomic mass is 79.9. The molecule has 0 N–H and O–H groups in total. The maximum absolute atomic E-state index is 5.72. The summed E-state index contributed by atoms with van der Waals surface area (Å²) in [5.74, 6) is 0.965. The van der Waals surface area contributed by atoms with Gasteiger partial charge in [0, 0.05) is 11.0 Å². The van der Waals surface area contributed by atoms with Crippen LogP contribution < -0.4 is 9.64 Å². The SMILES string of the molecule is Cc1ccc(CN2CCOc3cc(Br)ccc32)cc1. The van der Waals surface area contributed by atoms with Gasteiger partial charge in [0.1, 0.15) is 12.4 Å². The normalized spacial score (nSPS) is 13.9. The second-order valence-electron chi connectivity index (χ2n) is 4.87. The Hall–Kier alpha value is -1.48. The highest BCUT2D eigenvalue weighted by Gasteiger charge is 2.18. The summed E-state index contributed by atoms with van der Waals surface area (Å²) < 4.78 is 6.78. The van der Waals surface area contributed by atoms with Crippen molar-refractivity contribution in [2.24, 2.45) is 0 Å². The Balaban J connectivity index is 1.85. The lowest BCUT2D eigenvalue weighted by atomic mass is 10.1. The van der Waals surface area contributed by atoms with E-state index in [0.29, 0.717) is 0 Å². The first-order chi connectivity index (χ1) is 9.22. The van der Waals surface area contributed by atoms with Crippen LogP contribution in [0.15, 0.2) is 46.9 Å². The van der Waals surface area contributed by atoms with E-state index in [9.17, 15) is 0 Å². The Bertz CT molecular complexity index is 580. The molecule has 0 radical (unpaired) electrons. The van der Waals surface area contributed by atoms with Crippen LogP contribution in [-0.2, 0) is 6.54 Å². The molecular formula is C16H16BrNO. The highest BCUT2D eigenvalue weighted by Crippen LogP contribution is 2.34. The Labute approximate surface area is 122 Å². The van der Waals surface area contributed by atoms with E-state index in [4.69, 9.17) is 4.74 Å². The molecule has 19 heavy (non-hydrogen) atoms. The minimum absolute atomic E-state index is 0.745. The predicted molar refractivity (Wildman–Crippen MR) is 81.9 cm³/mol. The van der Waals surface area contributed by atoms with Crippen LogP contribution in [0.25, 0.3) is 0 Å². The second-order valence-corrected chi connectivity index (χ2v) is 5.78. The van der Waals surface area contributed by atoms with Crippen molar-refractivity contribution >= 4 is 21.6 Å². The molecule has 0 amide bonds. The van der Waals surface area contributed by atoms with Gasteiger partial charge in [0.05, 0.1) is 12.2 Å². The van der Waals surface area contributed by atoms with Crippen molar-refractivity contribution in [3.05, 3.63) is 58.1 Å². The number of nitrogens with zero attached hydrogens (tertiary/aromatic N) is 1. The molecule has 0 bridgehead atoms. The third-order valence-electron chi connectivity index (χ3n) is 3.38. The molecule has 1 aliphatic heterocycles. The number of rotatable bonds is 2. The van der Waals surface area contributed by atoms with Crippen molar-refractivity contribution in [3.8, 4) is 5.75 Å². The molecule has 0 spiro atoms. The lowest BCUT2D eigenvalue weighted by Gasteiger charge is -2.31. The van der Waals surface area contributed by atoms with Crippen molar-refractivity contribution in [1.82, 2.24) is 0 Å². The van der Waals surface area contributed by atoms with Crippen molar-refractivity contribution in [2.75, 3.05) is 18.1 Å². The molecule has 3 rings (SSSR count). The highest BCUT2D eigenvalue weighted by molar-refractivity contribution is 9.10. The molecule has 0 aliphatic carbocycles. The van der Waals surface area contributed by atoms with Crippen LogP contribution in [0.5, 0.6) is 5.75 Å². The Kier molecular flexibility index (Phi) is 3.47. The Morgan fingerprint density at radius 2 is 1.95 bits per heavy atom. The molecule has 0 aromatic heterocycles. The molecule has 1 aliphatic rings. The zero-order valence-electron chi connectivity index (χ0n) is 10.9. The number of hydrogen-bond donors (Lipinski definition) is 0. The van der Waals surface area contributed by atoms with Crippen molar-refractivity contribution in [3.63, 3.8) is 0 Å². The Morgan fingerprint density at radius 3 is 2.74 bits per heavy atom. The Morgan fingerprint density at radius 1 is 1.16 bits per heavy atom. The summed E-state index contributed by atoms with van der Waals surface area (Å²) in [5, 5.41) is 0. The zero-order valence-corrected chi connectivity index (χ0v) is 12.5. The van der Waals surface area contributed by atoms with Gasteiger partial charge < -0.3 is 9.64 Å². The average molecular weight is 318 g/mol. The molecule has 1 heterocycles. The average Bonchev–Trinajstić information content (AvgIpc) is 2.41. The molecule has 2 aromatic carbocycles. The number of ether oxygens (including phenoxy) is 1. The number of aryl methyl sites for hydroxylation is 1. The van der Waals surface area contributed by atoms with Crippen LogP contribution in [0.3, 0.4) is 0 Å². The first kappa shape index (κ1) is 12.5. The molecule has 3 heteroatoms. The van der Waals surface area contributed by atoms with Gasteiger partial charge in [0.2, 0.25) is 0 Å². The molecular weight excluding hydrogens is 302 g/mol. The number of anilines is 1. The third-order valence-corrected chi connectivity index (χ3v) is 3.87. The zero-order chi connectivity index (χ0) is 13.2. The van der Waals surface area contributed by atoms with Gasteiger partial charge in [-0.2, -0.15) is 0 Å². The van der Waals surface area contributed by atoms with Crippen molar-refractivity contribution < 1.29 is 4.74 Å². The minimum atomic E-state index is 0.745. The van der Waals surface area contributed by atoms with Gasteiger partial charge in [0.25, 0.3) is 0 Å². The number of fused-ring (bicyclic) bond motifs is 1. The van der Waals surface area contributed by atoms with Crippen LogP contribution in [0, 0.1) is 6.92 Å². The standard InChI is InChI=1S/C16H16BrNO/c1-12-2-4-13(5-3-12)11-18-8-9-19-16-10-14(17)6-7-15(16)18/h2-7,10H,8-9,11H2,1H3. The topological polar surface area (TPSA) is 12.5 Å². The van der Waals surface area contributed by atoms with Gasteiger partial charge in [-0.1, -0.05) is 45.8 Å². The first-order valence-corrected chi connectivity index (χ1v) is 7.24. The predicted octanol–water partition coefficient (Wildman–Crippen LogP) is 4.16. The van der Waals surface area contributed by atoms with E-state index < -0.39 is 0 Å². The fourth-order valence-electron chi connectivity index (χ4n) is 2.33. The van der Waals surface area contributed by atoms with Gasteiger partial charge in [-0.15, -0.1) is 0 Å². The molecule has 0 saturated heterocycles. The summed E-state index contributed by atoms with van der Waals surface area (Å²) in [5.41, 5.74) is 3.81. The van der Waals surface area contributed by atoms with Crippen LogP contribution in [-0.4, -0.2) is 13.2 Å². The van der Waals surface area contributed by atoms with E-state index in [2.05, 4.69) is 64.2 Å². The second kappa shape index (κ2) is 5.25. The van der Waals surface area contributed by atoms with E-state index in [1.807, 2.05) is 6.07 Å². The molecule has 98 valence electrons. The monoisotopic (exact) mass is 317 g/mol.